The fourth-order valence-corrected chi connectivity index (χ4v) is 0.991. The summed E-state index contributed by atoms with van der Waals surface area (Å²) in [6, 6.07) is 0. The molecule has 18 heavy (non-hydrogen) atoms. The van der Waals surface area contributed by atoms with Crippen LogP contribution in [0.25, 0.3) is 0 Å². The second-order valence-corrected chi connectivity index (χ2v) is 3.31. The van der Waals surface area contributed by atoms with E-state index in [4.69, 9.17) is 9.47 Å². The first-order valence-corrected chi connectivity index (χ1v) is 6.28. The molecule has 0 aromatic carbocycles. The Balaban J connectivity index is -0.0000000980. The molecule has 0 aliphatic rings. The molecule has 0 bridgehead atoms. The molecule has 0 rings (SSSR count). The number of hydrogen-bond acceptors (Lipinski definition) is 4. The van der Waals surface area contributed by atoms with Crippen LogP contribution in [0.5, 0.6) is 0 Å². The maximum absolute atomic E-state index is 5.10. The van der Waals surface area contributed by atoms with Crippen molar-refractivity contribution >= 4 is 0 Å². The van der Waals surface area contributed by atoms with Crippen LogP contribution < -0.4 is 10.6 Å². The second kappa shape index (κ2) is 30.1. The second-order valence-electron chi connectivity index (χ2n) is 3.31. The highest BCUT2D eigenvalue weighted by molar-refractivity contribution is 4.38. The lowest BCUT2D eigenvalue weighted by Crippen LogP contribution is -2.10. The topological polar surface area (TPSA) is 42.5 Å². The molecule has 0 unspecified atom stereocenters. The minimum atomic E-state index is 0. The first-order chi connectivity index (χ1) is 7.83. The number of nitrogens with one attached hydrogen (secondary N) is 2. The molecule has 0 aliphatic heterocycles. The van der Waals surface area contributed by atoms with Crippen LogP contribution in [-0.4, -0.2) is 53.6 Å². The number of rotatable bonds is 10. The van der Waals surface area contributed by atoms with Crippen molar-refractivity contribution in [2.75, 3.05) is 53.6 Å². The molecule has 0 saturated heterocycles. The summed E-state index contributed by atoms with van der Waals surface area (Å²) in [5.41, 5.74) is 0. The molecule has 4 heteroatoms. The van der Waals surface area contributed by atoms with E-state index in [1.807, 2.05) is 27.9 Å². The van der Waals surface area contributed by atoms with E-state index in [0.29, 0.717) is 0 Å². The van der Waals surface area contributed by atoms with Gasteiger partial charge in [-0.15, -0.1) is 0 Å². The molecule has 0 spiro atoms. The van der Waals surface area contributed by atoms with Crippen molar-refractivity contribution in [3.8, 4) is 0 Å². The van der Waals surface area contributed by atoms with E-state index < -0.39 is 0 Å². The summed E-state index contributed by atoms with van der Waals surface area (Å²) >= 11 is 0. The quantitative estimate of drug-likeness (QED) is 0.596. The zero-order valence-electron chi connectivity index (χ0n) is 11.5. The minimum absolute atomic E-state index is 0. The van der Waals surface area contributed by atoms with E-state index in [0.717, 1.165) is 52.4 Å². The highest BCUT2D eigenvalue weighted by Crippen LogP contribution is 1.78. The van der Waals surface area contributed by atoms with Crippen LogP contribution in [0.3, 0.4) is 0 Å². The molecule has 116 valence electrons. The predicted molar refractivity (Wildman–Crippen MR) is 83.5 cm³/mol. The van der Waals surface area contributed by atoms with Crippen molar-refractivity contribution in [1.29, 1.82) is 0 Å². The van der Waals surface area contributed by atoms with Gasteiger partial charge in [-0.2, -0.15) is 0 Å². The molecule has 2 N–H and O–H groups in total. The Morgan fingerprint density at radius 1 is 0.722 bits per heavy atom. The average molecular weight is 266 g/mol. The van der Waals surface area contributed by atoms with Gasteiger partial charge >= 0.3 is 0 Å². The van der Waals surface area contributed by atoms with E-state index >= 15 is 0 Å². The van der Waals surface area contributed by atoms with Crippen LogP contribution in [0, 0.1) is 0 Å². The molecule has 0 aliphatic carbocycles. The Morgan fingerprint density at radius 3 is 1.28 bits per heavy atom. The highest BCUT2D eigenvalue weighted by atomic mass is 16.5. The van der Waals surface area contributed by atoms with Crippen molar-refractivity contribution in [3.05, 3.63) is 0 Å². The molecule has 0 atom stereocenters. The lowest BCUT2D eigenvalue weighted by molar-refractivity contribution is 0.145. The van der Waals surface area contributed by atoms with Gasteiger partial charge in [0.05, 0.1) is 0 Å². The lowest BCUT2D eigenvalue weighted by atomic mass is 10.4. The van der Waals surface area contributed by atoms with Crippen LogP contribution in [0.1, 0.15) is 41.5 Å². The first-order valence-electron chi connectivity index (χ1n) is 6.28. The Kier molecular flexibility index (Phi) is 44.2. The molecular weight excluding hydrogens is 228 g/mol. The van der Waals surface area contributed by atoms with Crippen LogP contribution in [0.4, 0.5) is 0 Å². The Labute approximate surface area is 116 Å². The summed E-state index contributed by atoms with van der Waals surface area (Å²) in [6.07, 6.45) is 2.23. The number of ether oxygens (including phenoxy) is 2. The van der Waals surface area contributed by atoms with E-state index in [-0.39, 0.29) is 14.9 Å². The monoisotopic (exact) mass is 266 g/mol. The first kappa shape index (κ1) is 26.4. The minimum Gasteiger partial charge on any atom is -0.382 e. The van der Waals surface area contributed by atoms with Crippen LogP contribution in [0.2, 0.25) is 0 Å². The van der Waals surface area contributed by atoms with Gasteiger partial charge in [-0.3, -0.25) is 0 Å². The predicted octanol–water partition coefficient (Wildman–Crippen LogP) is 2.54. The molecule has 0 saturated carbocycles. The van der Waals surface area contributed by atoms with Crippen LogP contribution in [-0.2, 0) is 9.47 Å². The largest absolute Gasteiger partial charge is 0.382 e. The zero-order valence-corrected chi connectivity index (χ0v) is 11.5. The van der Waals surface area contributed by atoms with Crippen molar-refractivity contribution < 1.29 is 9.47 Å². The van der Waals surface area contributed by atoms with E-state index in [2.05, 4.69) is 10.6 Å². The molecule has 4 nitrogen and oxygen atoms in total. The third-order valence-corrected chi connectivity index (χ3v) is 1.84. The fraction of sp³-hybridized carbons (Fsp3) is 1.00. The third kappa shape index (κ3) is 36.0. The smallest absolute Gasteiger partial charge is 0.0477 e. The van der Waals surface area contributed by atoms with Gasteiger partial charge in [-0.05, 0) is 53.9 Å². The summed E-state index contributed by atoms with van der Waals surface area (Å²) in [5, 5.41) is 6.09. The standard InChI is InChI=1S/2C6H15NO.2CH4/c2*1-3-8-6-4-5-7-2;;/h2*7H,3-6H2,1-2H3;2*1H4. The van der Waals surface area contributed by atoms with Gasteiger partial charge in [0, 0.05) is 26.4 Å². The maximum Gasteiger partial charge on any atom is 0.0477 e. The lowest BCUT2D eigenvalue weighted by Gasteiger charge is -1.98. The summed E-state index contributed by atoms with van der Waals surface area (Å²) in [7, 11) is 3.90. The summed E-state index contributed by atoms with van der Waals surface area (Å²) in [6.45, 7) is 9.58. The van der Waals surface area contributed by atoms with Crippen molar-refractivity contribution in [1.82, 2.24) is 10.6 Å². The van der Waals surface area contributed by atoms with Gasteiger partial charge < -0.3 is 20.1 Å². The summed E-state index contributed by atoms with van der Waals surface area (Å²) < 4.78 is 10.2. The molecule has 0 amide bonds. The molecule has 0 aromatic rings. The number of hydrogen-bond donors (Lipinski definition) is 2. The molecule has 0 heterocycles. The normalized spacial score (nSPS) is 8.67. The van der Waals surface area contributed by atoms with Crippen LogP contribution >= 0.6 is 0 Å². The van der Waals surface area contributed by atoms with Crippen molar-refractivity contribution in [2.24, 2.45) is 0 Å². The Hall–Kier alpha value is -0.160. The van der Waals surface area contributed by atoms with Gasteiger partial charge in [-0.1, -0.05) is 14.9 Å². The molecule has 0 aromatic heterocycles. The van der Waals surface area contributed by atoms with Crippen LogP contribution in [0.15, 0.2) is 0 Å². The highest BCUT2D eigenvalue weighted by Gasteiger charge is 1.82. The van der Waals surface area contributed by atoms with Crippen molar-refractivity contribution in [2.45, 2.75) is 41.5 Å². The molecule has 0 fully saturated rings. The van der Waals surface area contributed by atoms with E-state index in [1.54, 1.807) is 0 Å². The van der Waals surface area contributed by atoms with Crippen molar-refractivity contribution in [3.63, 3.8) is 0 Å². The molecular formula is C14H38N2O2. The third-order valence-electron chi connectivity index (χ3n) is 1.84. The molecule has 0 radical (unpaired) electrons. The summed E-state index contributed by atoms with van der Waals surface area (Å²) in [4.78, 5) is 0. The maximum atomic E-state index is 5.10. The van der Waals surface area contributed by atoms with Gasteiger partial charge in [0.15, 0.2) is 0 Å². The SMILES string of the molecule is C.C.CCOCCCNC.CCOCCCNC. The Morgan fingerprint density at radius 2 is 1.06 bits per heavy atom. The summed E-state index contributed by atoms with van der Waals surface area (Å²) in [5.74, 6) is 0. The van der Waals surface area contributed by atoms with Gasteiger partial charge in [0.1, 0.15) is 0 Å². The van der Waals surface area contributed by atoms with E-state index in [1.165, 1.54) is 0 Å². The van der Waals surface area contributed by atoms with E-state index in [9.17, 15) is 0 Å². The zero-order chi connectivity index (χ0) is 12.5. The fourth-order valence-electron chi connectivity index (χ4n) is 0.991. The van der Waals surface area contributed by atoms with Gasteiger partial charge in [0.25, 0.3) is 0 Å². The Bertz CT molecular complexity index is 79.8. The average Bonchev–Trinajstić information content (AvgIpc) is 2.31. The van der Waals surface area contributed by atoms with Gasteiger partial charge in [0.2, 0.25) is 0 Å². The van der Waals surface area contributed by atoms with Gasteiger partial charge in [-0.25, -0.2) is 0 Å².